The zero-order valence-electron chi connectivity index (χ0n) is 61.0. The number of fused-ring (bicyclic) bond motifs is 14. The molecule has 0 unspecified atom stereocenters. The Kier molecular flexibility index (Phi) is 12.5. The number of hydrogen-bond acceptors (Lipinski definition) is 0. The molecule has 0 bridgehead atoms. The first-order valence-corrected chi connectivity index (χ1v) is 37.9. The zero-order valence-corrected chi connectivity index (χ0v) is 61.0. The molecule has 0 heteroatoms. The van der Waals surface area contributed by atoms with Crippen LogP contribution >= 0.6 is 0 Å². The van der Waals surface area contributed by atoms with Gasteiger partial charge in [0.05, 0.1) is 0 Å². The van der Waals surface area contributed by atoms with Gasteiger partial charge in [0, 0.05) is 21.7 Å². The Balaban J connectivity index is 0.000000133. The second-order valence-electron chi connectivity index (χ2n) is 33.0. The summed E-state index contributed by atoms with van der Waals surface area (Å²) in [7, 11) is 0. The van der Waals surface area contributed by atoms with Gasteiger partial charge in [-0.15, -0.1) is 0 Å². The molecule has 106 heavy (non-hydrogen) atoms. The molecule has 0 radical (unpaired) electrons. The molecule has 0 N–H and O–H groups in total. The average molecular weight is 1350 g/mol. The summed E-state index contributed by atoms with van der Waals surface area (Å²) in [6, 6.07) is 120. The van der Waals surface area contributed by atoms with Crippen LogP contribution in [0.5, 0.6) is 0 Å². The summed E-state index contributed by atoms with van der Waals surface area (Å²) < 4.78 is 0. The van der Waals surface area contributed by atoms with Crippen molar-refractivity contribution in [3.63, 3.8) is 0 Å². The van der Waals surface area contributed by atoms with E-state index in [1.54, 1.807) is 0 Å². The molecule has 0 saturated carbocycles. The summed E-state index contributed by atoms with van der Waals surface area (Å²) in [5.41, 5.74) is 35.1. The van der Waals surface area contributed by atoms with Crippen molar-refractivity contribution >= 4 is 86.2 Å². The molecule has 0 atom stereocenters. The highest BCUT2D eigenvalue weighted by molar-refractivity contribution is 6.29. The van der Waals surface area contributed by atoms with Crippen LogP contribution < -0.4 is 0 Å². The van der Waals surface area contributed by atoms with Crippen LogP contribution in [0.15, 0.2) is 315 Å². The maximum Gasteiger partial charge on any atom is 0.0159 e. The Bertz CT molecular complexity index is 7030. The summed E-state index contributed by atoms with van der Waals surface area (Å²) in [5.74, 6) is 0. The minimum Gasteiger partial charge on any atom is -0.0619 e. The first-order valence-electron chi connectivity index (χ1n) is 37.9. The number of hydrogen-bond donors (Lipinski definition) is 0. The van der Waals surface area contributed by atoms with Crippen molar-refractivity contribution in [3.8, 4) is 100 Å². The minimum absolute atomic E-state index is 0.0102. The molecular formula is C106H76. The van der Waals surface area contributed by atoms with Crippen molar-refractivity contribution in [2.45, 2.75) is 77.0 Å². The lowest BCUT2D eigenvalue weighted by Gasteiger charge is -2.24. The lowest BCUT2D eigenvalue weighted by Crippen LogP contribution is -2.17. The zero-order chi connectivity index (χ0) is 71.0. The number of rotatable bonds is 5. The van der Waals surface area contributed by atoms with Crippen LogP contribution in [0.2, 0.25) is 0 Å². The molecule has 0 nitrogen and oxygen atoms in total. The van der Waals surface area contributed by atoms with E-state index in [-0.39, 0.29) is 21.7 Å². The highest BCUT2D eigenvalue weighted by Crippen LogP contribution is 2.60. The highest BCUT2D eigenvalue weighted by atomic mass is 14.5. The molecule has 19 aromatic carbocycles. The van der Waals surface area contributed by atoms with Gasteiger partial charge in [-0.05, 0) is 273 Å². The average Bonchev–Trinajstić information content (AvgIpc) is 1.65. The van der Waals surface area contributed by atoms with Crippen molar-refractivity contribution < 1.29 is 0 Å². The SMILES string of the molecule is CC1(C)c2ccccc2-c2cc3c(cc21)-c1ccc(-c2ccc4ccc5c(-c6ccc(-c7cccc8ccccc78)cc6)ccc6ccc2c4c65)cc1C3(C)C.CC1(C)c2ccccc2-c2cc3c(cc21)-c1ccc(-c2ccc4ccc5c(-c6ccc7ccccc7c6)ccc6ccc2c4c65)cc1C3(C)C. The molecule has 4 aliphatic carbocycles. The molecule has 0 saturated heterocycles. The van der Waals surface area contributed by atoms with Gasteiger partial charge in [0.2, 0.25) is 0 Å². The normalized spacial score (nSPS) is 14.9. The third kappa shape index (κ3) is 8.47. The van der Waals surface area contributed by atoms with Crippen LogP contribution in [0.3, 0.4) is 0 Å². The van der Waals surface area contributed by atoms with E-state index in [0.29, 0.717) is 0 Å². The topological polar surface area (TPSA) is 0 Å². The molecule has 0 aromatic heterocycles. The third-order valence-corrected chi connectivity index (χ3v) is 26.1. The van der Waals surface area contributed by atoms with Crippen LogP contribution in [-0.4, -0.2) is 0 Å². The Hall–Kier alpha value is -12.2. The largest absolute Gasteiger partial charge is 0.0619 e. The first-order chi connectivity index (χ1) is 51.6. The van der Waals surface area contributed by atoms with E-state index in [4.69, 9.17) is 0 Å². The van der Waals surface area contributed by atoms with Crippen molar-refractivity contribution in [1.82, 2.24) is 0 Å². The molecule has 0 heterocycles. The minimum atomic E-state index is -0.112. The van der Waals surface area contributed by atoms with Gasteiger partial charge < -0.3 is 0 Å². The van der Waals surface area contributed by atoms with E-state index < -0.39 is 0 Å². The Morgan fingerprint density at radius 2 is 0.406 bits per heavy atom. The van der Waals surface area contributed by atoms with Crippen LogP contribution in [0.4, 0.5) is 0 Å². The second-order valence-corrected chi connectivity index (χ2v) is 33.0. The van der Waals surface area contributed by atoms with Crippen molar-refractivity contribution in [2.24, 2.45) is 0 Å². The molecule has 0 fully saturated rings. The van der Waals surface area contributed by atoms with Crippen LogP contribution in [0.25, 0.3) is 186 Å². The molecule has 19 aromatic rings. The lowest BCUT2D eigenvalue weighted by molar-refractivity contribution is 0.652. The fraction of sp³-hybridized carbons (Fsp3) is 0.113. The van der Waals surface area contributed by atoms with Crippen LogP contribution in [0, 0.1) is 0 Å². The van der Waals surface area contributed by atoms with E-state index in [1.165, 1.54) is 231 Å². The summed E-state index contributed by atoms with van der Waals surface area (Å²) in [6.07, 6.45) is 0. The summed E-state index contributed by atoms with van der Waals surface area (Å²) in [4.78, 5) is 0. The van der Waals surface area contributed by atoms with Crippen LogP contribution in [0.1, 0.15) is 99.9 Å². The van der Waals surface area contributed by atoms with Gasteiger partial charge >= 0.3 is 0 Å². The molecular weight excluding hydrogens is 1270 g/mol. The van der Waals surface area contributed by atoms with Crippen molar-refractivity contribution in [1.29, 1.82) is 0 Å². The Labute approximate surface area is 619 Å². The summed E-state index contributed by atoms with van der Waals surface area (Å²) in [5, 5.41) is 21.0. The van der Waals surface area contributed by atoms with Gasteiger partial charge in [-0.25, -0.2) is 0 Å². The van der Waals surface area contributed by atoms with Crippen LogP contribution in [-0.2, 0) is 21.7 Å². The molecule has 4 aliphatic rings. The fourth-order valence-electron chi connectivity index (χ4n) is 20.5. The third-order valence-electron chi connectivity index (χ3n) is 26.1. The van der Waals surface area contributed by atoms with Crippen molar-refractivity contribution in [2.75, 3.05) is 0 Å². The summed E-state index contributed by atoms with van der Waals surface area (Å²) >= 11 is 0. The maximum atomic E-state index is 2.52. The van der Waals surface area contributed by atoms with Gasteiger partial charge in [0.15, 0.2) is 0 Å². The lowest BCUT2D eigenvalue weighted by atomic mass is 9.79. The Morgan fingerprint density at radius 1 is 0.142 bits per heavy atom. The maximum absolute atomic E-state index is 2.52. The monoisotopic (exact) mass is 1350 g/mol. The van der Waals surface area contributed by atoms with Gasteiger partial charge in [0.25, 0.3) is 0 Å². The van der Waals surface area contributed by atoms with Gasteiger partial charge in [-0.2, -0.15) is 0 Å². The fourth-order valence-corrected chi connectivity index (χ4v) is 20.5. The first kappa shape index (κ1) is 61.3. The van der Waals surface area contributed by atoms with Crippen molar-refractivity contribution in [3.05, 3.63) is 360 Å². The van der Waals surface area contributed by atoms with Gasteiger partial charge in [-0.1, -0.05) is 328 Å². The molecule has 23 rings (SSSR count). The second kappa shape index (κ2) is 21.7. The quantitative estimate of drug-likeness (QED) is 0.151. The van der Waals surface area contributed by atoms with E-state index >= 15 is 0 Å². The standard InChI is InChI=1S/C56H40.C50H36/c1-55(2)49-15-8-7-13-43(49)47-31-52-48(32-51(47)55)44-27-24-38(30-50(44)56(52,3)4)42-26-21-37-22-28-45-41(25-20-36-23-29-46(42)54(37)53(36)45)35-18-16-34(17-19-35)40-14-9-11-33-10-5-6-12-39(33)40;1-49(2)43-12-8-7-11-37(43)41-27-46-42(28-45(41)49)38-22-19-34(26-44(38)50(46,3)4)36-21-16-31-17-23-39-35(20-15-30-18-24-40(36)48(31)47(30)39)33-14-13-29-9-5-6-10-32(29)25-33/h5-32H,1-4H3;5-28H,1-4H3. The molecule has 500 valence electrons. The predicted molar refractivity (Wildman–Crippen MR) is 453 cm³/mol. The molecule has 0 amide bonds. The molecule has 0 spiro atoms. The predicted octanol–water partition coefficient (Wildman–Crippen LogP) is 29.0. The molecule has 0 aliphatic heterocycles. The Morgan fingerprint density at radius 3 is 0.840 bits per heavy atom. The summed E-state index contributed by atoms with van der Waals surface area (Å²) in [6.45, 7) is 19.2. The number of benzene rings is 19. The highest BCUT2D eigenvalue weighted by Gasteiger charge is 2.44. The van der Waals surface area contributed by atoms with E-state index in [0.717, 1.165) is 0 Å². The van der Waals surface area contributed by atoms with Gasteiger partial charge in [-0.3, -0.25) is 0 Å². The van der Waals surface area contributed by atoms with Gasteiger partial charge in [0.1, 0.15) is 0 Å². The van der Waals surface area contributed by atoms with E-state index in [1.807, 2.05) is 0 Å². The smallest absolute Gasteiger partial charge is 0.0159 e. The van der Waals surface area contributed by atoms with E-state index in [9.17, 15) is 0 Å². The van der Waals surface area contributed by atoms with E-state index in [2.05, 4.69) is 371 Å².